The second kappa shape index (κ2) is 15.2. The summed E-state index contributed by atoms with van der Waals surface area (Å²) in [4.78, 5) is 28.7. The van der Waals surface area contributed by atoms with Crippen molar-refractivity contribution in [2.75, 3.05) is 18.5 Å². The van der Waals surface area contributed by atoms with E-state index < -0.39 is 0 Å². The normalized spacial score (nSPS) is 17.4. The summed E-state index contributed by atoms with van der Waals surface area (Å²) in [5, 5.41) is 7.77. The molecule has 1 fully saturated rings. The number of carbonyl (C=O) groups excluding carboxylic acids is 2. The van der Waals surface area contributed by atoms with Crippen molar-refractivity contribution in [1.82, 2.24) is 14.8 Å². The van der Waals surface area contributed by atoms with Crippen molar-refractivity contribution in [2.24, 2.45) is 5.92 Å². The lowest BCUT2D eigenvalue weighted by atomic mass is 9.68. The van der Waals surface area contributed by atoms with Crippen molar-refractivity contribution < 1.29 is 14.3 Å². The van der Waals surface area contributed by atoms with Gasteiger partial charge in [0.25, 0.3) is 12.8 Å². The molecule has 3 aromatic rings. The van der Waals surface area contributed by atoms with E-state index in [-0.39, 0.29) is 30.8 Å². The van der Waals surface area contributed by atoms with Gasteiger partial charge in [-0.25, -0.2) is 4.98 Å². The molecule has 4 rings (SSSR count). The number of carbonyl (C=O) groups is 2. The van der Waals surface area contributed by atoms with E-state index in [0.717, 1.165) is 29.3 Å². The first-order valence-electron chi connectivity index (χ1n) is 14.6. The SMILES string of the molecule is CB(C)n1ccc(C(=O)NCC(=O)Nc2nc(-c3cccc(C)c3)cs2)c1.CCC(C)CC1(CC)CCCCO1. The Labute approximate surface area is 244 Å². The van der Waals surface area contributed by atoms with Gasteiger partial charge in [0.15, 0.2) is 5.13 Å². The average Bonchev–Trinajstić information content (AvgIpc) is 3.63. The van der Waals surface area contributed by atoms with E-state index in [1.165, 1.54) is 49.9 Å². The van der Waals surface area contributed by atoms with Crippen LogP contribution in [0.5, 0.6) is 0 Å². The Morgan fingerprint density at radius 1 is 1.23 bits per heavy atom. The number of amides is 2. The van der Waals surface area contributed by atoms with Crippen LogP contribution in [0.25, 0.3) is 11.3 Å². The molecule has 3 heterocycles. The number of nitrogens with one attached hydrogen (secondary N) is 2. The molecule has 0 radical (unpaired) electrons. The van der Waals surface area contributed by atoms with E-state index in [4.69, 9.17) is 4.74 Å². The number of nitrogens with zero attached hydrogens (tertiary/aromatic N) is 2. The van der Waals surface area contributed by atoms with Gasteiger partial charge in [0.05, 0.1) is 23.4 Å². The van der Waals surface area contributed by atoms with Crippen molar-refractivity contribution in [3.05, 3.63) is 59.2 Å². The number of anilines is 1. The van der Waals surface area contributed by atoms with Crippen LogP contribution in [-0.4, -0.2) is 46.9 Å². The van der Waals surface area contributed by atoms with Crippen LogP contribution in [0.4, 0.5) is 5.13 Å². The molecule has 0 spiro atoms. The molecule has 0 aliphatic carbocycles. The molecule has 1 aliphatic rings. The third-order valence-electron chi connectivity index (χ3n) is 7.54. The fraction of sp³-hybridized carbons (Fsp3) is 0.516. The van der Waals surface area contributed by atoms with Gasteiger partial charge in [0.1, 0.15) is 0 Å². The highest BCUT2D eigenvalue weighted by molar-refractivity contribution is 7.14. The van der Waals surface area contributed by atoms with E-state index in [9.17, 15) is 9.59 Å². The molecule has 0 bridgehead atoms. The Morgan fingerprint density at radius 3 is 2.65 bits per heavy atom. The van der Waals surface area contributed by atoms with E-state index in [2.05, 4.69) is 36.4 Å². The summed E-state index contributed by atoms with van der Waals surface area (Å²) in [5.74, 6) is 0.235. The first-order chi connectivity index (χ1) is 19.1. The lowest BCUT2D eigenvalue weighted by Crippen LogP contribution is -2.37. The second-order valence-electron chi connectivity index (χ2n) is 11.1. The summed E-state index contributed by atoms with van der Waals surface area (Å²) in [7, 11) is 0. The molecule has 216 valence electrons. The maximum atomic E-state index is 12.1. The van der Waals surface area contributed by atoms with Crippen LogP contribution in [0.15, 0.2) is 48.1 Å². The van der Waals surface area contributed by atoms with E-state index in [1.807, 2.05) is 60.9 Å². The van der Waals surface area contributed by atoms with Gasteiger partial charge in [-0.2, -0.15) is 0 Å². The largest absolute Gasteiger partial charge is 0.398 e. The lowest BCUT2D eigenvalue weighted by molar-refractivity contribution is -0.115. The van der Waals surface area contributed by atoms with Crippen molar-refractivity contribution in [2.45, 2.75) is 85.5 Å². The molecule has 1 aliphatic heterocycles. The lowest BCUT2D eigenvalue weighted by Gasteiger charge is -2.38. The van der Waals surface area contributed by atoms with E-state index in [0.29, 0.717) is 10.7 Å². The third-order valence-corrected chi connectivity index (χ3v) is 8.30. The van der Waals surface area contributed by atoms with Crippen LogP contribution < -0.4 is 10.6 Å². The molecule has 40 heavy (non-hydrogen) atoms. The van der Waals surface area contributed by atoms with E-state index >= 15 is 0 Å². The molecule has 2 atom stereocenters. The number of ether oxygens (including phenoxy) is 1. The number of hydrogen-bond acceptors (Lipinski definition) is 5. The number of aryl methyl sites for hydroxylation is 1. The minimum absolute atomic E-state index is 0.106. The van der Waals surface area contributed by atoms with Crippen LogP contribution in [0.2, 0.25) is 13.6 Å². The van der Waals surface area contributed by atoms with Crippen molar-refractivity contribution in [3.8, 4) is 11.3 Å². The quantitative estimate of drug-likeness (QED) is 0.256. The van der Waals surface area contributed by atoms with Crippen LogP contribution in [0.3, 0.4) is 0 Å². The molecule has 9 heteroatoms. The Bertz CT molecular complexity index is 1230. The van der Waals surface area contributed by atoms with Crippen molar-refractivity contribution in [1.29, 1.82) is 0 Å². The molecule has 2 unspecified atom stereocenters. The van der Waals surface area contributed by atoms with Gasteiger partial charge >= 0.3 is 0 Å². The Kier molecular flexibility index (Phi) is 12.0. The fourth-order valence-electron chi connectivity index (χ4n) is 4.84. The highest BCUT2D eigenvalue weighted by Crippen LogP contribution is 2.34. The molecule has 1 aromatic carbocycles. The highest BCUT2D eigenvalue weighted by atomic mass is 32.1. The molecule has 7 nitrogen and oxygen atoms in total. The summed E-state index contributed by atoms with van der Waals surface area (Å²) < 4.78 is 7.93. The summed E-state index contributed by atoms with van der Waals surface area (Å²) in [6.07, 6.45) is 11.3. The number of hydrogen-bond donors (Lipinski definition) is 2. The maximum Gasteiger partial charge on any atom is 0.253 e. The standard InChI is InChI=1S/C19H21BN4O2S.C12H24O/c1-13-5-4-6-14(9-13)16-12-27-19(22-16)23-17(25)10-21-18(26)15-7-8-24(11-15)20(2)3;1-4-11(3)10-12(5-2)8-6-7-9-13-12/h4-9,11-12H,10H2,1-3H3,(H,21,26)(H,22,23,25);11H,4-10H2,1-3H3. The molecule has 0 saturated carbocycles. The Balaban J connectivity index is 0.000000285. The Hall–Kier alpha value is -2.91. The zero-order valence-corrected chi connectivity index (χ0v) is 25.8. The summed E-state index contributed by atoms with van der Waals surface area (Å²) >= 11 is 1.36. The van der Waals surface area contributed by atoms with Gasteiger partial charge in [0.2, 0.25) is 5.91 Å². The van der Waals surface area contributed by atoms with Gasteiger partial charge in [0, 0.05) is 23.7 Å². The maximum absolute atomic E-state index is 12.1. The predicted molar refractivity (Wildman–Crippen MR) is 167 cm³/mol. The minimum Gasteiger partial charge on any atom is -0.398 e. The van der Waals surface area contributed by atoms with Crippen molar-refractivity contribution >= 4 is 35.1 Å². The average molecular weight is 565 g/mol. The predicted octanol–water partition coefficient (Wildman–Crippen LogP) is 7.16. The van der Waals surface area contributed by atoms with Crippen LogP contribution >= 0.6 is 11.3 Å². The zero-order chi connectivity index (χ0) is 29.1. The first-order valence-corrected chi connectivity index (χ1v) is 15.4. The number of thiazole rings is 1. The molecule has 2 amide bonds. The molecule has 2 aromatic heterocycles. The number of aromatic nitrogens is 2. The molecule has 2 N–H and O–H groups in total. The van der Waals surface area contributed by atoms with Crippen LogP contribution in [-0.2, 0) is 9.53 Å². The van der Waals surface area contributed by atoms with E-state index in [1.54, 1.807) is 12.3 Å². The van der Waals surface area contributed by atoms with Gasteiger partial charge in [-0.15, -0.1) is 11.3 Å². The topological polar surface area (TPSA) is 85.3 Å². The first kappa shape index (κ1) is 31.6. The monoisotopic (exact) mass is 564 g/mol. The summed E-state index contributed by atoms with van der Waals surface area (Å²) in [6.45, 7) is 14.1. The third kappa shape index (κ3) is 9.34. The fourth-order valence-corrected chi connectivity index (χ4v) is 5.57. The number of benzene rings is 1. The van der Waals surface area contributed by atoms with Gasteiger partial charge in [-0.1, -0.05) is 64.6 Å². The van der Waals surface area contributed by atoms with Crippen LogP contribution in [0.1, 0.15) is 75.2 Å². The van der Waals surface area contributed by atoms with Crippen LogP contribution in [0, 0.1) is 12.8 Å². The Morgan fingerprint density at radius 2 is 2.02 bits per heavy atom. The van der Waals surface area contributed by atoms with Gasteiger partial charge in [-0.3, -0.25) is 9.59 Å². The molecule has 1 saturated heterocycles. The minimum atomic E-state index is -0.309. The highest BCUT2D eigenvalue weighted by Gasteiger charge is 2.32. The summed E-state index contributed by atoms with van der Waals surface area (Å²) in [6, 6.07) is 9.77. The number of rotatable bonds is 10. The second-order valence-corrected chi connectivity index (χ2v) is 12.0. The van der Waals surface area contributed by atoms with Gasteiger partial charge in [-0.05, 0) is 63.3 Å². The summed E-state index contributed by atoms with van der Waals surface area (Å²) in [5.41, 5.74) is 3.76. The zero-order valence-electron chi connectivity index (χ0n) is 25.0. The van der Waals surface area contributed by atoms with Crippen molar-refractivity contribution in [3.63, 3.8) is 0 Å². The molecular formula is C31H45BN4O3S. The smallest absolute Gasteiger partial charge is 0.253 e. The molecular weight excluding hydrogens is 519 g/mol. The van der Waals surface area contributed by atoms with Gasteiger partial charge < -0.3 is 19.8 Å².